The van der Waals surface area contributed by atoms with Crippen molar-refractivity contribution in [3.63, 3.8) is 0 Å². The number of aromatic nitrogens is 1. The zero-order valence-corrected chi connectivity index (χ0v) is 12.7. The first kappa shape index (κ1) is 14.2. The van der Waals surface area contributed by atoms with E-state index >= 15 is 0 Å². The SMILES string of the molecule is CCCCCn1c2c(c3cccc(C(=O)O)c31)CCCC2. The van der Waals surface area contributed by atoms with Crippen molar-refractivity contribution in [2.24, 2.45) is 0 Å². The minimum absolute atomic E-state index is 0.457. The lowest BCUT2D eigenvalue weighted by molar-refractivity contribution is 0.0698. The normalized spacial score (nSPS) is 14.3. The fourth-order valence-corrected chi connectivity index (χ4v) is 3.63. The Bertz CT molecular complexity index is 669. The number of aryl methyl sites for hydroxylation is 2. The van der Waals surface area contributed by atoms with E-state index in [9.17, 15) is 9.90 Å². The number of aromatic carboxylic acids is 1. The largest absolute Gasteiger partial charge is 0.478 e. The van der Waals surface area contributed by atoms with Crippen LogP contribution in [0.2, 0.25) is 0 Å². The van der Waals surface area contributed by atoms with Gasteiger partial charge in [0.2, 0.25) is 0 Å². The van der Waals surface area contributed by atoms with E-state index in [2.05, 4.69) is 17.6 Å². The van der Waals surface area contributed by atoms with Crippen LogP contribution in [0.3, 0.4) is 0 Å². The molecule has 3 nitrogen and oxygen atoms in total. The molecule has 0 fully saturated rings. The second-order valence-corrected chi connectivity index (χ2v) is 6.00. The summed E-state index contributed by atoms with van der Waals surface area (Å²) in [5, 5.41) is 10.7. The molecule has 1 heterocycles. The number of carbonyl (C=O) groups is 1. The monoisotopic (exact) mass is 285 g/mol. The second kappa shape index (κ2) is 5.92. The summed E-state index contributed by atoms with van der Waals surface area (Å²) in [5.41, 5.74) is 4.20. The van der Waals surface area contributed by atoms with Gasteiger partial charge in [0.1, 0.15) is 0 Å². The molecule has 3 heteroatoms. The first-order valence-electron chi connectivity index (χ1n) is 8.10. The lowest BCUT2D eigenvalue weighted by Crippen LogP contribution is -2.10. The van der Waals surface area contributed by atoms with Crippen LogP contribution in [0.4, 0.5) is 0 Å². The van der Waals surface area contributed by atoms with Crippen molar-refractivity contribution in [1.82, 2.24) is 4.57 Å². The lowest BCUT2D eigenvalue weighted by Gasteiger charge is -2.16. The van der Waals surface area contributed by atoms with Crippen molar-refractivity contribution >= 4 is 16.9 Å². The van der Waals surface area contributed by atoms with Crippen LogP contribution in [-0.2, 0) is 19.4 Å². The highest BCUT2D eigenvalue weighted by Crippen LogP contribution is 2.34. The second-order valence-electron chi connectivity index (χ2n) is 6.00. The van der Waals surface area contributed by atoms with Gasteiger partial charge in [-0.05, 0) is 43.7 Å². The number of carboxylic acids is 1. The number of hydrogen-bond donors (Lipinski definition) is 1. The van der Waals surface area contributed by atoms with E-state index in [-0.39, 0.29) is 0 Å². The molecule has 0 saturated carbocycles. The minimum atomic E-state index is -0.813. The van der Waals surface area contributed by atoms with Crippen LogP contribution < -0.4 is 0 Å². The first-order valence-corrected chi connectivity index (χ1v) is 8.10. The average molecular weight is 285 g/mol. The Balaban J connectivity index is 2.18. The molecule has 0 atom stereocenters. The number of fused-ring (bicyclic) bond motifs is 3. The Kier molecular flexibility index (Phi) is 4.00. The third kappa shape index (κ3) is 2.45. The van der Waals surface area contributed by atoms with Crippen molar-refractivity contribution < 1.29 is 9.90 Å². The van der Waals surface area contributed by atoms with Gasteiger partial charge in [-0.25, -0.2) is 4.79 Å². The van der Waals surface area contributed by atoms with Gasteiger partial charge in [-0.1, -0.05) is 31.9 Å². The number of nitrogens with zero attached hydrogens (tertiary/aromatic N) is 1. The van der Waals surface area contributed by atoms with Crippen LogP contribution in [-0.4, -0.2) is 15.6 Å². The molecule has 112 valence electrons. The predicted octanol–water partition coefficient (Wildman–Crippen LogP) is 4.41. The lowest BCUT2D eigenvalue weighted by atomic mass is 9.95. The summed E-state index contributed by atoms with van der Waals surface area (Å²) in [7, 11) is 0. The Morgan fingerprint density at radius 3 is 2.81 bits per heavy atom. The van der Waals surface area contributed by atoms with Crippen molar-refractivity contribution in [1.29, 1.82) is 0 Å². The van der Waals surface area contributed by atoms with Gasteiger partial charge in [-0.3, -0.25) is 0 Å². The van der Waals surface area contributed by atoms with Crippen molar-refractivity contribution in [2.45, 2.75) is 58.4 Å². The highest BCUT2D eigenvalue weighted by atomic mass is 16.4. The molecule has 3 rings (SSSR count). The smallest absolute Gasteiger partial charge is 0.337 e. The van der Waals surface area contributed by atoms with Crippen LogP contribution in [0.5, 0.6) is 0 Å². The molecule has 1 aliphatic rings. The van der Waals surface area contributed by atoms with E-state index in [1.165, 1.54) is 42.3 Å². The molecule has 1 aromatic carbocycles. The van der Waals surface area contributed by atoms with Gasteiger partial charge in [0.05, 0.1) is 11.1 Å². The average Bonchev–Trinajstić information content (AvgIpc) is 2.82. The van der Waals surface area contributed by atoms with Gasteiger partial charge in [-0.2, -0.15) is 0 Å². The maximum Gasteiger partial charge on any atom is 0.337 e. The number of para-hydroxylation sites is 1. The van der Waals surface area contributed by atoms with Gasteiger partial charge in [0.25, 0.3) is 0 Å². The molecule has 21 heavy (non-hydrogen) atoms. The zero-order chi connectivity index (χ0) is 14.8. The summed E-state index contributed by atoms with van der Waals surface area (Å²) >= 11 is 0. The van der Waals surface area contributed by atoms with Gasteiger partial charge in [-0.15, -0.1) is 0 Å². The summed E-state index contributed by atoms with van der Waals surface area (Å²) < 4.78 is 2.31. The molecule has 0 aliphatic heterocycles. The molecule has 2 aromatic rings. The van der Waals surface area contributed by atoms with Gasteiger partial charge in [0, 0.05) is 17.6 Å². The van der Waals surface area contributed by atoms with E-state index in [0.717, 1.165) is 31.3 Å². The topological polar surface area (TPSA) is 42.2 Å². The van der Waals surface area contributed by atoms with Gasteiger partial charge < -0.3 is 9.67 Å². The van der Waals surface area contributed by atoms with E-state index < -0.39 is 5.97 Å². The van der Waals surface area contributed by atoms with Crippen molar-refractivity contribution in [2.75, 3.05) is 0 Å². The summed E-state index contributed by atoms with van der Waals surface area (Å²) in [6, 6.07) is 5.73. The summed E-state index contributed by atoms with van der Waals surface area (Å²) in [4.78, 5) is 11.6. The van der Waals surface area contributed by atoms with E-state index in [1.807, 2.05) is 6.07 Å². The summed E-state index contributed by atoms with van der Waals surface area (Å²) in [6.07, 6.45) is 8.14. The van der Waals surface area contributed by atoms with Crippen LogP contribution >= 0.6 is 0 Å². The molecule has 0 unspecified atom stereocenters. The van der Waals surface area contributed by atoms with E-state index in [4.69, 9.17) is 0 Å². The fourth-order valence-electron chi connectivity index (χ4n) is 3.63. The molecular weight excluding hydrogens is 262 g/mol. The highest BCUT2D eigenvalue weighted by molar-refractivity contribution is 6.04. The van der Waals surface area contributed by atoms with Crippen LogP contribution in [0.25, 0.3) is 10.9 Å². The molecule has 1 N–H and O–H groups in total. The Labute approximate surface area is 125 Å². The number of rotatable bonds is 5. The molecule has 1 aliphatic carbocycles. The van der Waals surface area contributed by atoms with E-state index in [0.29, 0.717) is 5.56 Å². The summed E-state index contributed by atoms with van der Waals surface area (Å²) in [5.74, 6) is -0.813. The summed E-state index contributed by atoms with van der Waals surface area (Å²) in [6.45, 7) is 3.15. The molecule has 0 bridgehead atoms. The van der Waals surface area contributed by atoms with Crippen molar-refractivity contribution in [3.8, 4) is 0 Å². The highest BCUT2D eigenvalue weighted by Gasteiger charge is 2.23. The van der Waals surface area contributed by atoms with Gasteiger partial charge in [0.15, 0.2) is 0 Å². The molecule has 0 spiro atoms. The zero-order valence-electron chi connectivity index (χ0n) is 12.7. The maximum absolute atomic E-state index is 11.6. The number of carboxylic acid groups (broad SMARTS) is 1. The fraction of sp³-hybridized carbons (Fsp3) is 0.500. The third-order valence-corrected chi connectivity index (χ3v) is 4.61. The quantitative estimate of drug-likeness (QED) is 0.827. The Hall–Kier alpha value is -1.77. The standard InChI is InChI=1S/C18H23NO2/c1-2-3-6-12-19-16-11-5-4-8-13(16)14-9-7-10-15(17(14)19)18(20)21/h7,9-10H,2-6,8,11-12H2,1H3,(H,20,21). The predicted molar refractivity (Wildman–Crippen MR) is 85.1 cm³/mol. The first-order chi connectivity index (χ1) is 10.2. The molecular formula is C18H23NO2. The molecule has 0 amide bonds. The molecule has 1 aromatic heterocycles. The van der Waals surface area contributed by atoms with Crippen LogP contribution in [0.1, 0.15) is 60.6 Å². The van der Waals surface area contributed by atoms with Crippen LogP contribution in [0, 0.1) is 0 Å². The van der Waals surface area contributed by atoms with Crippen molar-refractivity contribution in [3.05, 3.63) is 35.0 Å². The number of benzene rings is 1. The molecule has 0 saturated heterocycles. The number of unbranched alkanes of at least 4 members (excludes halogenated alkanes) is 2. The van der Waals surface area contributed by atoms with E-state index in [1.54, 1.807) is 6.07 Å². The van der Waals surface area contributed by atoms with Crippen LogP contribution in [0.15, 0.2) is 18.2 Å². The minimum Gasteiger partial charge on any atom is -0.478 e. The Morgan fingerprint density at radius 2 is 2.05 bits per heavy atom. The van der Waals surface area contributed by atoms with Gasteiger partial charge >= 0.3 is 5.97 Å². The molecule has 0 radical (unpaired) electrons. The Morgan fingerprint density at radius 1 is 1.24 bits per heavy atom. The maximum atomic E-state index is 11.6. The number of hydrogen-bond acceptors (Lipinski definition) is 1. The third-order valence-electron chi connectivity index (χ3n) is 4.61.